The molecule has 0 saturated carbocycles. The zero-order valence-corrected chi connectivity index (χ0v) is 16.7. The van der Waals surface area contributed by atoms with Crippen LogP contribution in [0.25, 0.3) is 11.5 Å². The Hall–Kier alpha value is -2.15. The summed E-state index contributed by atoms with van der Waals surface area (Å²) in [5.41, 5.74) is 0.846. The van der Waals surface area contributed by atoms with E-state index in [0.29, 0.717) is 29.8 Å². The van der Waals surface area contributed by atoms with Gasteiger partial charge in [-0.1, -0.05) is 18.5 Å². The lowest BCUT2D eigenvalue weighted by molar-refractivity contribution is 0.0154. The van der Waals surface area contributed by atoms with Gasteiger partial charge in [-0.15, -0.1) is 0 Å². The molecular weight excluding hydrogens is 371 g/mol. The van der Waals surface area contributed by atoms with Crippen molar-refractivity contribution in [1.82, 2.24) is 19.9 Å². The van der Waals surface area contributed by atoms with Gasteiger partial charge in [-0.25, -0.2) is 19.2 Å². The third-order valence-corrected chi connectivity index (χ3v) is 4.87. The minimum absolute atomic E-state index is 0.137. The van der Waals surface area contributed by atoms with Gasteiger partial charge < -0.3 is 14.6 Å². The molecule has 1 fully saturated rings. The maximum Gasteiger partial charge on any atom is 0.410 e. The summed E-state index contributed by atoms with van der Waals surface area (Å²) in [7, 11) is 0. The van der Waals surface area contributed by atoms with Crippen LogP contribution in [0.15, 0.2) is 18.3 Å². The number of imidazole rings is 1. The monoisotopic (exact) mass is 394 g/mol. The van der Waals surface area contributed by atoms with E-state index in [2.05, 4.69) is 21.9 Å². The van der Waals surface area contributed by atoms with Gasteiger partial charge >= 0.3 is 6.09 Å². The van der Waals surface area contributed by atoms with Gasteiger partial charge in [0, 0.05) is 19.0 Å². The summed E-state index contributed by atoms with van der Waals surface area (Å²) in [4.78, 5) is 25.7. The molecule has 27 heavy (non-hydrogen) atoms. The Balaban J connectivity index is 1.73. The maximum atomic E-state index is 13.1. The summed E-state index contributed by atoms with van der Waals surface area (Å²) in [6, 6.07) is 2.89. The molecule has 8 heteroatoms. The van der Waals surface area contributed by atoms with Crippen molar-refractivity contribution in [2.24, 2.45) is 5.92 Å². The summed E-state index contributed by atoms with van der Waals surface area (Å²) in [5, 5.41) is 0.388. The van der Waals surface area contributed by atoms with Crippen molar-refractivity contribution in [3.63, 3.8) is 0 Å². The number of nitrogens with one attached hydrogen (secondary N) is 1. The zero-order valence-electron chi connectivity index (χ0n) is 15.9. The van der Waals surface area contributed by atoms with Crippen molar-refractivity contribution >= 4 is 17.7 Å². The molecule has 1 aliphatic rings. The Morgan fingerprint density at radius 1 is 1.41 bits per heavy atom. The molecule has 6 nitrogen and oxygen atoms in total. The maximum absolute atomic E-state index is 13.1. The molecule has 1 aliphatic heterocycles. The molecule has 3 heterocycles. The van der Waals surface area contributed by atoms with Gasteiger partial charge in [0.15, 0.2) is 11.0 Å². The van der Waals surface area contributed by atoms with E-state index < -0.39 is 11.4 Å². The fourth-order valence-electron chi connectivity index (χ4n) is 3.32. The van der Waals surface area contributed by atoms with E-state index in [9.17, 15) is 9.18 Å². The number of pyridine rings is 1. The van der Waals surface area contributed by atoms with E-state index in [4.69, 9.17) is 16.3 Å². The number of amides is 1. The standard InChI is InChI=1S/C19H24ClFN4O2/c1-11-10-25(18(26)27-19(2,3)4)8-7-13(11)15-16(20)24-17(23-15)14-6-5-12(21)9-22-14/h5-6,9,11,13H,7-8,10H2,1-4H3,(H,23,24)/t11-,13+/m1/s1. The fraction of sp³-hybridized carbons (Fsp3) is 0.526. The van der Waals surface area contributed by atoms with E-state index in [-0.39, 0.29) is 17.9 Å². The minimum Gasteiger partial charge on any atom is -0.444 e. The molecule has 0 bridgehead atoms. The number of carbonyl (C=O) groups is 1. The second-order valence-corrected chi connectivity index (χ2v) is 8.31. The van der Waals surface area contributed by atoms with Gasteiger partial charge in [0.25, 0.3) is 0 Å². The van der Waals surface area contributed by atoms with Crippen LogP contribution in [-0.4, -0.2) is 44.6 Å². The number of piperidine rings is 1. The van der Waals surface area contributed by atoms with Gasteiger partial charge in [0.2, 0.25) is 0 Å². The van der Waals surface area contributed by atoms with Crippen LogP contribution in [0.1, 0.15) is 45.7 Å². The number of ether oxygens (including phenoxy) is 1. The van der Waals surface area contributed by atoms with E-state index in [1.54, 1.807) is 11.0 Å². The van der Waals surface area contributed by atoms with Gasteiger partial charge in [-0.3, -0.25) is 0 Å². The van der Waals surface area contributed by atoms with Crippen molar-refractivity contribution in [3.8, 4) is 11.5 Å². The first-order chi connectivity index (χ1) is 12.6. The second kappa shape index (κ2) is 7.46. The molecule has 146 valence electrons. The molecule has 2 atom stereocenters. The Bertz CT molecular complexity index is 816. The smallest absolute Gasteiger partial charge is 0.410 e. The third-order valence-electron chi connectivity index (χ3n) is 4.58. The molecule has 0 unspecified atom stereocenters. The summed E-state index contributed by atoms with van der Waals surface area (Å²) >= 11 is 6.36. The predicted molar refractivity (Wildman–Crippen MR) is 101 cm³/mol. The Morgan fingerprint density at radius 2 is 2.15 bits per heavy atom. The first-order valence-corrected chi connectivity index (χ1v) is 9.37. The highest BCUT2D eigenvalue weighted by atomic mass is 35.5. The molecule has 0 radical (unpaired) electrons. The van der Waals surface area contributed by atoms with Crippen LogP contribution in [0.2, 0.25) is 5.15 Å². The first-order valence-electron chi connectivity index (χ1n) is 8.99. The van der Waals surface area contributed by atoms with Crippen molar-refractivity contribution in [3.05, 3.63) is 35.0 Å². The summed E-state index contributed by atoms with van der Waals surface area (Å²) in [6.07, 6.45) is 1.60. The lowest BCUT2D eigenvalue weighted by Gasteiger charge is -2.37. The molecule has 0 aliphatic carbocycles. The number of hydrogen-bond donors (Lipinski definition) is 1. The van der Waals surface area contributed by atoms with Crippen LogP contribution in [0, 0.1) is 11.7 Å². The molecule has 2 aromatic heterocycles. The van der Waals surface area contributed by atoms with Crippen molar-refractivity contribution < 1.29 is 13.9 Å². The van der Waals surface area contributed by atoms with Crippen molar-refractivity contribution in [2.45, 2.75) is 45.6 Å². The number of aromatic nitrogens is 3. The van der Waals surface area contributed by atoms with Crippen molar-refractivity contribution in [1.29, 1.82) is 0 Å². The largest absolute Gasteiger partial charge is 0.444 e. The summed E-state index contributed by atoms with van der Waals surface area (Å²) in [5.74, 6) is 0.424. The highest BCUT2D eigenvalue weighted by Crippen LogP contribution is 2.36. The molecule has 1 saturated heterocycles. The zero-order chi connectivity index (χ0) is 19.8. The summed E-state index contributed by atoms with van der Waals surface area (Å²) < 4.78 is 18.5. The second-order valence-electron chi connectivity index (χ2n) is 7.95. The lowest BCUT2D eigenvalue weighted by Crippen LogP contribution is -2.44. The lowest BCUT2D eigenvalue weighted by atomic mass is 9.85. The van der Waals surface area contributed by atoms with Crippen LogP contribution in [0.4, 0.5) is 9.18 Å². The average molecular weight is 395 g/mol. The Morgan fingerprint density at radius 3 is 2.74 bits per heavy atom. The highest BCUT2D eigenvalue weighted by molar-refractivity contribution is 6.30. The Kier molecular flexibility index (Phi) is 5.42. The first kappa shape index (κ1) is 19.6. The number of aromatic amines is 1. The molecule has 1 amide bonds. The quantitative estimate of drug-likeness (QED) is 0.806. The summed E-state index contributed by atoms with van der Waals surface area (Å²) in [6.45, 7) is 8.82. The van der Waals surface area contributed by atoms with Crippen LogP contribution >= 0.6 is 11.6 Å². The number of nitrogens with zero attached hydrogens (tertiary/aromatic N) is 3. The topological polar surface area (TPSA) is 71.1 Å². The van der Waals surface area contributed by atoms with E-state index in [1.807, 2.05) is 20.8 Å². The number of likely N-dealkylation sites (tertiary alicyclic amines) is 1. The Labute approximate surface area is 163 Å². The number of hydrogen-bond acceptors (Lipinski definition) is 4. The van der Waals surface area contributed by atoms with Gasteiger partial charge in [0.05, 0.1) is 11.9 Å². The highest BCUT2D eigenvalue weighted by Gasteiger charge is 2.34. The average Bonchev–Trinajstić information content (AvgIpc) is 2.95. The van der Waals surface area contributed by atoms with Crippen molar-refractivity contribution in [2.75, 3.05) is 13.1 Å². The van der Waals surface area contributed by atoms with E-state index in [1.165, 1.54) is 6.07 Å². The van der Waals surface area contributed by atoms with Gasteiger partial charge in [-0.05, 0) is 45.2 Å². The van der Waals surface area contributed by atoms with Crippen LogP contribution in [0.5, 0.6) is 0 Å². The minimum atomic E-state index is -0.513. The third kappa shape index (κ3) is 4.58. The number of carbonyl (C=O) groups excluding carboxylic acids is 1. The normalized spacial score (nSPS) is 20.6. The molecule has 0 aromatic carbocycles. The van der Waals surface area contributed by atoms with E-state index >= 15 is 0 Å². The molecule has 1 N–H and O–H groups in total. The molecule has 2 aromatic rings. The molecule has 3 rings (SSSR count). The predicted octanol–water partition coefficient (Wildman–Crippen LogP) is 4.62. The van der Waals surface area contributed by atoms with Gasteiger partial charge in [-0.2, -0.15) is 0 Å². The fourth-order valence-corrected chi connectivity index (χ4v) is 3.59. The van der Waals surface area contributed by atoms with Crippen LogP contribution in [-0.2, 0) is 4.74 Å². The SMILES string of the molecule is C[C@@H]1CN(C(=O)OC(C)(C)C)CC[C@@H]1c1[nH]c(-c2ccc(F)cn2)nc1Cl. The van der Waals surface area contributed by atoms with E-state index in [0.717, 1.165) is 18.3 Å². The number of H-pyrrole nitrogens is 1. The molecular formula is C19H24ClFN4O2. The van der Waals surface area contributed by atoms with Gasteiger partial charge in [0.1, 0.15) is 17.1 Å². The van der Waals surface area contributed by atoms with Crippen LogP contribution in [0.3, 0.4) is 0 Å². The molecule has 0 spiro atoms. The number of halogens is 2. The number of rotatable bonds is 2. The van der Waals surface area contributed by atoms with Crippen LogP contribution < -0.4 is 0 Å².